The van der Waals surface area contributed by atoms with Gasteiger partial charge < -0.3 is 9.79 Å². The maximum absolute atomic E-state index is 10.3. The van der Waals surface area contributed by atoms with Gasteiger partial charge in [-0.25, -0.2) is 0 Å². The molecule has 0 atom stereocenters. The van der Waals surface area contributed by atoms with Crippen LogP contribution in [0.4, 0.5) is 0 Å². The first-order valence-electron chi connectivity index (χ1n) is 2.69. The van der Waals surface area contributed by atoms with Crippen molar-refractivity contribution in [1.29, 1.82) is 0 Å². The lowest BCUT2D eigenvalue weighted by Gasteiger charge is -2.13. The van der Waals surface area contributed by atoms with E-state index in [-0.39, 0.29) is 6.29 Å². The Morgan fingerprint density at radius 3 is 2.11 bits per heavy atom. The minimum absolute atomic E-state index is 0.149. The lowest BCUT2D eigenvalue weighted by Crippen LogP contribution is -2.18. The Balaban J connectivity index is 3.60. The smallest absolute Gasteiger partial charge is 0.324 e. The van der Waals surface area contributed by atoms with Gasteiger partial charge in [-0.05, 0) is 13.6 Å². The minimum Gasteiger partial charge on any atom is -0.324 e. The summed E-state index contributed by atoms with van der Waals surface area (Å²) < 4.78 is 10.3. The standard InChI is InChI=1S/C4H12NO3P/c1-3-5(2)4-9(6,7)8/h3-4H2,1-2H3,(H2,6,7,8). The van der Waals surface area contributed by atoms with Crippen LogP contribution in [0.25, 0.3) is 0 Å². The van der Waals surface area contributed by atoms with Crippen molar-refractivity contribution in [2.24, 2.45) is 0 Å². The average Bonchev–Trinajstić information content (AvgIpc) is 1.62. The van der Waals surface area contributed by atoms with Crippen molar-refractivity contribution in [1.82, 2.24) is 4.90 Å². The van der Waals surface area contributed by atoms with E-state index in [1.807, 2.05) is 6.92 Å². The fourth-order valence-electron chi connectivity index (χ4n) is 0.414. The monoisotopic (exact) mass is 153 g/mol. The Labute approximate surface area is 54.6 Å². The fourth-order valence-corrected chi connectivity index (χ4v) is 1.24. The van der Waals surface area contributed by atoms with Gasteiger partial charge in [0.2, 0.25) is 0 Å². The summed E-state index contributed by atoms with van der Waals surface area (Å²) in [4.78, 5) is 18.3. The molecule has 0 saturated carbocycles. The van der Waals surface area contributed by atoms with Crippen LogP contribution in [0, 0.1) is 0 Å². The van der Waals surface area contributed by atoms with Crippen molar-refractivity contribution in [2.45, 2.75) is 6.92 Å². The first-order chi connectivity index (χ1) is 3.95. The molecule has 2 N–H and O–H groups in total. The molecule has 0 aromatic carbocycles. The average molecular weight is 153 g/mol. The van der Waals surface area contributed by atoms with Crippen LogP contribution >= 0.6 is 7.60 Å². The molecule has 4 nitrogen and oxygen atoms in total. The van der Waals surface area contributed by atoms with Crippen molar-refractivity contribution in [3.63, 3.8) is 0 Å². The molecule has 0 rings (SSSR count). The topological polar surface area (TPSA) is 60.8 Å². The number of hydrogen-bond donors (Lipinski definition) is 2. The molecule has 0 aliphatic rings. The Morgan fingerprint density at radius 2 is 2.00 bits per heavy atom. The van der Waals surface area contributed by atoms with Crippen LogP contribution in [0.2, 0.25) is 0 Å². The van der Waals surface area contributed by atoms with E-state index in [0.29, 0.717) is 6.54 Å². The molecule has 0 unspecified atom stereocenters. The van der Waals surface area contributed by atoms with Crippen LogP contribution in [0.15, 0.2) is 0 Å². The summed E-state index contributed by atoms with van der Waals surface area (Å²) in [5.74, 6) is 0. The second-order valence-corrected chi connectivity index (χ2v) is 3.59. The third kappa shape index (κ3) is 5.99. The van der Waals surface area contributed by atoms with Gasteiger partial charge >= 0.3 is 7.60 Å². The van der Waals surface area contributed by atoms with E-state index in [0.717, 1.165) is 0 Å². The van der Waals surface area contributed by atoms with Gasteiger partial charge in [0.15, 0.2) is 0 Å². The van der Waals surface area contributed by atoms with Crippen molar-refractivity contribution < 1.29 is 14.4 Å². The van der Waals surface area contributed by atoms with Gasteiger partial charge in [-0.3, -0.25) is 9.46 Å². The molecule has 0 aromatic rings. The number of rotatable bonds is 3. The maximum atomic E-state index is 10.3. The molecule has 5 heteroatoms. The normalized spacial score (nSPS) is 12.6. The zero-order valence-electron chi connectivity index (χ0n) is 5.61. The van der Waals surface area contributed by atoms with Gasteiger partial charge in [0.1, 0.15) is 6.29 Å². The van der Waals surface area contributed by atoms with E-state index in [2.05, 4.69) is 0 Å². The van der Waals surface area contributed by atoms with Crippen LogP contribution in [0.1, 0.15) is 6.92 Å². The van der Waals surface area contributed by atoms with Gasteiger partial charge in [-0.1, -0.05) is 6.92 Å². The lowest BCUT2D eigenvalue weighted by atomic mass is 10.7. The first kappa shape index (κ1) is 9.11. The quantitative estimate of drug-likeness (QED) is 0.563. The van der Waals surface area contributed by atoms with Crippen LogP contribution in [-0.4, -0.2) is 34.6 Å². The van der Waals surface area contributed by atoms with Gasteiger partial charge in [0.05, 0.1) is 0 Å². The van der Waals surface area contributed by atoms with Gasteiger partial charge in [-0.2, -0.15) is 0 Å². The molecule has 0 spiro atoms. The summed E-state index contributed by atoms with van der Waals surface area (Å²) in [5, 5.41) is 0. The molecule has 0 fully saturated rings. The SMILES string of the molecule is CCN(C)CP(=O)(O)O. The van der Waals surface area contributed by atoms with Crippen LogP contribution in [0.3, 0.4) is 0 Å². The summed E-state index contributed by atoms with van der Waals surface area (Å²) in [6.45, 7) is 2.50. The molecule has 0 bridgehead atoms. The van der Waals surface area contributed by atoms with E-state index in [4.69, 9.17) is 9.79 Å². The maximum Gasteiger partial charge on any atom is 0.339 e. The highest BCUT2D eigenvalue weighted by Gasteiger charge is 2.14. The second-order valence-electron chi connectivity index (χ2n) is 1.98. The zero-order chi connectivity index (χ0) is 7.49. The summed E-state index contributed by atoms with van der Waals surface area (Å²) in [6, 6.07) is 0. The third-order valence-corrected chi connectivity index (χ3v) is 1.82. The van der Waals surface area contributed by atoms with Crippen molar-refractivity contribution >= 4 is 7.60 Å². The molecule has 0 aliphatic heterocycles. The van der Waals surface area contributed by atoms with E-state index < -0.39 is 7.60 Å². The Kier molecular flexibility index (Phi) is 3.36. The molecule has 0 radical (unpaired) electrons. The summed E-state index contributed by atoms with van der Waals surface area (Å²) in [6.07, 6.45) is -0.149. The third-order valence-electron chi connectivity index (χ3n) is 0.965. The molecule has 0 saturated heterocycles. The van der Waals surface area contributed by atoms with Gasteiger partial charge in [-0.15, -0.1) is 0 Å². The molecule has 0 amide bonds. The molecule has 0 heterocycles. The van der Waals surface area contributed by atoms with Crippen LogP contribution in [-0.2, 0) is 4.57 Å². The first-order valence-corrected chi connectivity index (χ1v) is 4.48. The minimum atomic E-state index is -3.81. The van der Waals surface area contributed by atoms with Gasteiger partial charge in [0, 0.05) is 0 Å². The van der Waals surface area contributed by atoms with Crippen LogP contribution < -0.4 is 0 Å². The molecule has 9 heavy (non-hydrogen) atoms. The van der Waals surface area contributed by atoms with E-state index in [1.54, 1.807) is 11.9 Å². The highest BCUT2D eigenvalue weighted by molar-refractivity contribution is 7.51. The molecular formula is C4H12NO3P. The summed E-state index contributed by atoms with van der Waals surface area (Å²) in [7, 11) is -2.15. The highest BCUT2D eigenvalue weighted by atomic mass is 31.2. The highest BCUT2D eigenvalue weighted by Crippen LogP contribution is 2.34. The second kappa shape index (κ2) is 3.32. The largest absolute Gasteiger partial charge is 0.339 e. The predicted octanol–water partition coefficient (Wildman–Crippen LogP) is 0.0733. The molecule has 0 aliphatic carbocycles. The van der Waals surface area contributed by atoms with Crippen LogP contribution in [0.5, 0.6) is 0 Å². The van der Waals surface area contributed by atoms with Crippen molar-refractivity contribution in [2.75, 3.05) is 19.9 Å². The lowest BCUT2D eigenvalue weighted by molar-refractivity contribution is 0.320. The summed E-state index contributed by atoms with van der Waals surface area (Å²) >= 11 is 0. The summed E-state index contributed by atoms with van der Waals surface area (Å²) in [5.41, 5.74) is 0. The zero-order valence-corrected chi connectivity index (χ0v) is 6.51. The molecule has 56 valence electrons. The van der Waals surface area contributed by atoms with E-state index >= 15 is 0 Å². The Morgan fingerprint density at radius 1 is 1.56 bits per heavy atom. The number of nitrogens with zero attached hydrogens (tertiary/aromatic N) is 1. The predicted molar refractivity (Wildman–Crippen MR) is 35.2 cm³/mol. The van der Waals surface area contributed by atoms with Crippen molar-refractivity contribution in [3.05, 3.63) is 0 Å². The molecule has 0 aromatic heterocycles. The molecular weight excluding hydrogens is 141 g/mol. The Bertz CT molecular complexity index is 121. The van der Waals surface area contributed by atoms with Crippen molar-refractivity contribution in [3.8, 4) is 0 Å². The number of hydrogen-bond acceptors (Lipinski definition) is 2. The van der Waals surface area contributed by atoms with E-state index in [1.165, 1.54) is 0 Å². The Hall–Kier alpha value is 0.110. The fraction of sp³-hybridized carbons (Fsp3) is 1.00. The van der Waals surface area contributed by atoms with E-state index in [9.17, 15) is 4.57 Å². The van der Waals surface area contributed by atoms with Gasteiger partial charge in [0.25, 0.3) is 0 Å².